The Labute approximate surface area is 129 Å². The average Bonchev–Trinajstić information content (AvgIpc) is 2.96. The van der Waals surface area contributed by atoms with Gasteiger partial charge in [0.2, 0.25) is 0 Å². The summed E-state index contributed by atoms with van der Waals surface area (Å²) in [7, 11) is 2.05. The summed E-state index contributed by atoms with van der Waals surface area (Å²) >= 11 is 0. The first-order valence-corrected chi connectivity index (χ1v) is 8.68. The van der Waals surface area contributed by atoms with Gasteiger partial charge in [0.05, 0.1) is 12.1 Å². The molecule has 0 amide bonds. The van der Waals surface area contributed by atoms with Gasteiger partial charge in [-0.05, 0) is 49.3 Å². The predicted octanol–water partition coefficient (Wildman–Crippen LogP) is 4.42. The van der Waals surface area contributed by atoms with Crippen molar-refractivity contribution in [3.8, 4) is 0 Å². The Morgan fingerprint density at radius 2 is 1.76 bits per heavy atom. The van der Waals surface area contributed by atoms with E-state index >= 15 is 0 Å². The number of hydrogen-bond acceptors (Lipinski definition) is 2. The fourth-order valence-electron chi connectivity index (χ4n) is 4.08. The van der Waals surface area contributed by atoms with Gasteiger partial charge in [0.1, 0.15) is 0 Å². The molecule has 2 fully saturated rings. The highest BCUT2D eigenvalue weighted by Gasteiger charge is 2.32. The van der Waals surface area contributed by atoms with Gasteiger partial charge in [-0.1, -0.05) is 50.5 Å². The van der Waals surface area contributed by atoms with Crippen LogP contribution in [0.3, 0.4) is 0 Å². The molecule has 21 heavy (non-hydrogen) atoms. The lowest BCUT2D eigenvalue weighted by Crippen LogP contribution is -2.32. The van der Waals surface area contributed by atoms with Crippen molar-refractivity contribution in [1.82, 2.24) is 5.32 Å². The van der Waals surface area contributed by atoms with Gasteiger partial charge in [-0.2, -0.15) is 0 Å². The molecule has 1 heterocycles. The molecule has 1 aromatic rings. The van der Waals surface area contributed by atoms with E-state index in [1.165, 1.54) is 49.7 Å². The van der Waals surface area contributed by atoms with Crippen molar-refractivity contribution in [2.75, 3.05) is 13.7 Å². The van der Waals surface area contributed by atoms with Crippen LogP contribution in [0, 0.1) is 5.92 Å². The lowest BCUT2D eigenvalue weighted by Gasteiger charge is -2.27. The molecule has 2 nitrogen and oxygen atoms in total. The van der Waals surface area contributed by atoms with E-state index in [1.807, 2.05) is 7.05 Å². The van der Waals surface area contributed by atoms with Crippen molar-refractivity contribution in [3.05, 3.63) is 35.4 Å². The summed E-state index contributed by atoms with van der Waals surface area (Å²) in [6, 6.07) is 9.67. The lowest BCUT2D eigenvalue weighted by atomic mass is 9.83. The molecule has 1 N–H and O–H groups in total. The third-order valence-electron chi connectivity index (χ3n) is 5.46. The highest BCUT2D eigenvalue weighted by atomic mass is 16.5. The van der Waals surface area contributed by atoms with Crippen LogP contribution in [0.4, 0.5) is 0 Å². The summed E-state index contributed by atoms with van der Waals surface area (Å²) < 4.78 is 5.96. The van der Waals surface area contributed by atoms with Crippen molar-refractivity contribution in [2.24, 2.45) is 5.92 Å². The second-order valence-corrected chi connectivity index (χ2v) is 6.87. The number of hydrogen-bond donors (Lipinski definition) is 1. The van der Waals surface area contributed by atoms with Crippen LogP contribution in [-0.4, -0.2) is 19.8 Å². The van der Waals surface area contributed by atoms with Crippen LogP contribution in [0.1, 0.15) is 68.5 Å². The van der Waals surface area contributed by atoms with Gasteiger partial charge in [0.15, 0.2) is 0 Å². The number of ether oxygens (including phenoxy) is 1. The molecule has 1 saturated heterocycles. The Balaban J connectivity index is 1.72. The van der Waals surface area contributed by atoms with Gasteiger partial charge in [-0.3, -0.25) is 0 Å². The minimum Gasteiger partial charge on any atom is -0.376 e. The van der Waals surface area contributed by atoms with Gasteiger partial charge in [-0.15, -0.1) is 0 Å². The molecule has 2 heteroatoms. The summed E-state index contributed by atoms with van der Waals surface area (Å²) in [5, 5.41) is 3.46. The Morgan fingerprint density at radius 1 is 1.05 bits per heavy atom. The van der Waals surface area contributed by atoms with E-state index in [0.29, 0.717) is 18.1 Å². The first-order valence-electron chi connectivity index (χ1n) is 8.68. The average molecular weight is 287 g/mol. The third-order valence-corrected chi connectivity index (χ3v) is 5.46. The summed E-state index contributed by atoms with van der Waals surface area (Å²) in [5.74, 6) is 1.43. The SMILES string of the molecule is CNC(c1ccc(C2CCCCC2)cc1)C1OCCC1C. The molecule has 3 atom stereocenters. The van der Waals surface area contributed by atoms with Crippen molar-refractivity contribution < 1.29 is 4.74 Å². The zero-order chi connectivity index (χ0) is 14.7. The van der Waals surface area contributed by atoms with Crippen LogP contribution in [-0.2, 0) is 4.74 Å². The van der Waals surface area contributed by atoms with Crippen molar-refractivity contribution in [2.45, 2.75) is 63.5 Å². The Bertz CT molecular complexity index is 435. The predicted molar refractivity (Wildman–Crippen MR) is 87.6 cm³/mol. The molecule has 2 aliphatic rings. The van der Waals surface area contributed by atoms with Gasteiger partial charge in [0.25, 0.3) is 0 Å². The summed E-state index contributed by atoms with van der Waals surface area (Å²) in [6.45, 7) is 3.21. The van der Waals surface area contributed by atoms with Gasteiger partial charge < -0.3 is 10.1 Å². The quantitative estimate of drug-likeness (QED) is 0.885. The number of likely N-dealkylation sites (N-methyl/N-ethyl adjacent to an activating group) is 1. The molecule has 3 rings (SSSR count). The first kappa shape index (κ1) is 15.1. The number of nitrogens with one attached hydrogen (secondary N) is 1. The molecule has 1 aromatic carbocycles. The highest BCUT2D eigenvalue weighted by molar-refractivity contribution is 5.28. The monoisotopic (exact) mass is 287 g/mol. The molecular formula is C19H29NO. The molecule has 116 valence electrons. The molecule has 0 bridgehead atoms. The van der Waals surface area contributed by atoms with Crippen molar-refractivity contribution >= 4 is 0 Å². The van der Waals surface area contributed by atoms with E-state index in [1.54, 1.807) is 0 Å². The smallest absolute Gasteiger partial charge is 0.0795 e. The lowest BCUT2D eigenvalue weighted by molar-refractivity contribution is 0.0631. The van der Waals surface area contributed by atoms with E-state index < -0.39 is 0 Å². The second-order valence-electron chi connectivity index (χ2n) is 6.87. The zero-order valence-electron chi connectivity index (χ0n) is 13.5. The third kappa shape index (κ3) is 3.32. The van der Waals surface area contributed by atoms with Crippen LogP contribution in [0.5, 0.6) is 0 Å². The van der Waals surface area contributed by atoms with Crippen LogP contribution in [0.15, 0.2) is 24.3 Å². The van der Waals surface area contributed by atoms with Gasteiger partial charge in [-0.25, -0.2) is 0 Å². The fourth-order valence-corrected chi connectivity index (χ4v) is 4.08. The summed E-state index contributed by atoms with van der Waals surface area (Å²) in [5.41, 5.74) is 2.91. The van der Waals surface area contributed by atoms with Gasteiger partial charge in [0, 0.05) is 6.61 Å². The number of benzene rings is 1. The minimum absolute atomic E-state index is 0.315. The Kier molecular flexibility index (Phi) is 4.97. The van der Waals surface area contributed by atoms with Crippen LogP contribution in [0.25, 0.3) is 0 Å². The Morgan fingerprint density at radius 3 is 2.33 bits per heavy atom. The Hall–Kier alpha value is -0.860. The summed E-state index contributed by atoms with van der Waals surface area (Å²) in [4.78, 5) is 0. The summed E-state index contributed by atoms with van der Waals surface area (Å²) in [6.07, 6.45) is 8.47. The molecule has 1 saturated carbocycles. The standard InChI is InChI=1S/C19H29NO/c1-14-12-13-21-19(14)18(20-2)17-10-8-16(9-11-17)15-6-4-3-5-7-15/h8-11,14-15,18-20H,3-7,12-13H2,1-2H3. The maximum absolute atomic E-state index is 5.96. The van der Waals surface area contributed by atoms with Crippen molar-refractivity contribution in [3.63, 3.8) is 0 Å². The normalized spacial score (nSPS) is 28.7. The molecule has 0 spiro atoms. The molecule has 0 aromatic heterocycles. The topological polar surface area (TPSA) is 21.3 Å². The zero-order valence-corrected chi connectivity index (χ0v) is 13.5. The maximum Gasteiger partial charge on any atom is 0.0795 e. The minimum atomic E-state index is 0.315. The molecule has 0 radical (unpaired) electrons. The first-order chi connectivity index (χ1) is 10.3. The molecule has 1 aliphatic carbocycles. The van der Waals surface area contributed by atoms with Crippen LogP contribution in [0.2, 0.25) is 0 Å². The van der Waals surface area contributed by atoms with Crippen LogP contribution < -0.4 is 5.32 Å². The molecule has 3 unspecified atom stereocenters. The molecular weight excluding hydrogens is 258 g/mol. The highest BCUT2D eigenvalue weighted by Crippen LogP contribution is 2.35. The molecule has 1 aliphatic heterocycles. The van der Waals surface area contributed by atoms with E-state index in [2.05, 4.69) is 36.5 Å². The van der Waals surface area contributed by atoms with E-state index in [4.69, 9.17) is 4.74 Å². The van der Waals surface area contributed by atoms with Crippen molar-refractivity contribution in [1.29, 1.82) is 0 Å². The van der Waals surface area contributed by atoms with E-state index in [9.17, 15) is 0 Å². The largest absolute Gasteiger partial charge is 0.376 e. The van der Waals surface area contributed by atoms with Gasteiger partial charge >= 0.3 is 0 Å². The fraction of sp³-hybridized carbons (Fsp3) is 0.684. The van der Waals surface area contributed by atoms with Crippen LogP contribution >= 0.6 is 0 Å². The van der Waals surface area contributed by atoms with E-state index in [0.717, 1.165) is 12.5 Å². The van der Waals surface area contributed by atoms with E-state index in [-0.39, 0.29) is 0 Å². The second kappa shape index (κ2) is 6.93. The number of rotatable bonds is 4. The maximum atomic E-state index is 5.96.